The molecule has 0 spiro atoms. The Labute approximate surface area is 103 Å². The maximum absolute atomic E-state index is 13.0. The van der Waals surface area contributed by atoms with Crippen molar-refractivity contribution in [3.05, 3.63) is 49.5 Å². The summed E-state index contributed by atoms with van der Waals surface area (Å²) in [5.74, 6) is -2.12. The first kappa shape index (κ1) is 11.9. The smallest absolute Gasteiger partial charge is 0.297 e. The van der Waals surface area contributed by atoms with Crippen LogP contribution in [0.5, 0.6) is 0 Å². The topological polar surface area (TPSA) is 39.1 Å². The first-order valence-electron chi connectivity index (χ1n) is 4.36. The number of carbonyl (C=O) groups excluding carboxylic acids is 1. The van der Waals surface area contributed by atoms with Gasteiger partial charge in [-0.2, -0.15) is 0 Å². The Morgan fingerprint density at radius 1 is 1.29 bits per heavy atom. The number of aromatic nitrogens is 1. The minimum absolute atomic E-state index is 0.0430. The highest BCUT2D eigenvalue weighted by Crippen LogP contribution is 2.22. The molecule has 0 saturated carbocycles. The Hall–Kier alpha value is -1.53. The molecule has 2 aromatic rings. The van der Waals surface area contributed by atoms with Crippen LogP contribution in [0.25, 0.3) is 5.69 Å². The molecule has 0 fully saturated rings. The summed E-state index contributed by atoms with van der Waals surface area (Å²) in [6.07, 6.45) is 0.435. The van der Waals surface area contributed by atoms with Crippen molar-refractivity contribution in [3.63, 3.8) is 0 Å². The van der Waals surface area contributed by atoms with Crippen LogP contribution in [0, 0.1) is 11.6 Å². The number of aldehydes is 1. The molecule has 0 radical (unpaired) electrons. The number of nitrogens with zero attached hydrogens (tertiary/aromatic N) is 1. The van der Waals surface area contributed by atoms with Gasteiger partial charge in [-0.25, -0.2) is 8.78 Å². The third-order valence-electron chi connectivity index (χ3n) is 2.05. The van der Waals surface area contributed by atoms with Crippen LogP contribution in [0.1, 0.15) is 9.67 Å². The second-order valence-electron chi connectivity index (χ2n) is 3.07. The van der Waals surface area contributed by atoms with Crippen LogP contribution < -0.4 is 4.87 Å². The van der Waals surface area contributed by atoms with E-state index in [1.54, 1.807) is 0 Å². The molecule has 17 heavy (non-hydrogen) atoms. The molecule has 3 nitrogen and oxygen atoms in total. The summed E-state index contributed by atoms with van der Waals surface area (Å²) in [6.45, 7) is 0. The summed E-state index contributed by atoms with van der Waals surface area (Å²) in [6, 6.07) is 2.92. The van der Waals surface area contributed by atoms with Crippen LogP contribution in [-0.2, 0) is 0 Å². The van der Waals surface area contributed by atoms with Gasteiger partial charge in [0.05, 0.1) is 5.69 Å². The van der Waals surface area contributed by atoms with Crippen LogP contribution in [0.15, 0.2) is 23.0 Å². The van der Waals surface area contributed by atoms with Crippen molar-refractivity contribution in [3.8, 4) is 5.69 Å². The van der Waals surface area contributed by atoms with Crippen LogP contribution in [0.4, 0.5) is 8.78 Å². The zero-order chi connectivity index (χ0) is 12.6. The van der Waals surface area contributed by atoms with E-state index in [4.69, 9.17) is 11.6 Å². The van der Waals surface area contributed by atoms with Crippen molar-refractivity contribution < 1.29 is 13.6 Å². The molecule has 0 amide bonds. The van der Waals surface area contributed by atoms with Gasteiger partial charge >= 0.3 is 4.87 Å². The van der Waals surface area contributed by atoms with E-state index in [1.807, 2.05) is 0 Å². The lowest BCUT2D eigenvalue weighted by atomic mass is 10.3. The standard InChI is InChI=1S/C10H4ClF2NO2S/c11-9-8(4-15)17-10(16)14(9)5-1-2-6(12)7(13)3-5/h1-4H. The van der Waals surface area contributed by atoms with E-state index in [0.29, 0.717) is 17.6 Å². The molecule has 0 aliphatic carbocycles. The maximum Gasteiger partial charge on any atom is 0.313 e. The van der Waals surface area contributed by atoms with Crippen molar-refractivity contribution in [1.29, 1.82) is 0 Å². The van der Waals surface area contributed by atoms with E-state index >= 15 is 0 Å². The van der Waals surface area contributed by atoms with E-state index in [-0.39, 0.29) is 15.7 Å². The Kier molecular flexibility index (Phi) is 3.08. The quantitative estimate of drug-likeness (QED) is 0.791. The predicted molar refractivity (Wildman–Crippen MR) is 60.2 cm³/mol. The average Bonchev–Trinajstić information content (AvgIpc) is 2.58. The minimum Gasteiger partial charge on any atom is -0.297 e. The molecule has 1 aromatic heterocycles. The molecule has 88 valence electrons. The Morgan fingerprint density at radius 3 is 2.53 bits per heavy atom. The van der Waals surface area contributed by atoms with Gasteiger partial charge in [-0.15, -0.1) is 0 Å². The fourth-order valence-electron chi connectivity index (χ4n) is 1.29. The lowest BCUT2D eigenvalue weighted by Gasteiger charge is -2.03. The third-order valence-corrected chi connectivity index (χ3v) is 3.40. The molecular formula is C10H4ClF2NO2S. The van der Waals surface area contributed by atoms with Crippen molar-refractivity contribution in [2.45, 2.75) is 0 Å². The molecular weight excluding hydrogens is 272 g/mol. The highest BCUT2D eigenvalue weighted by Gasteiger charge is 2.15. The molecule has 0 saturated heterocycles. The summed E-state index contributed by atoms with van der Waals surface area (Å²) in [5, 5.41) is -0.110. The SMILES string of the molecule is O=Cc1sc(=O)n(-c2ccc(F)c(F)c2)c1Cl. The molecule has 7 heteroatoms. The molecule has 2 rings (SSSR count). The van der Waals surface area contributed by atoms with Crippen molar-refractivity contribution >= 4 is 29.2 Å². The highest BCUT2D eigenvalue weighted by molar-refractivity contribution is 7.11. The summed E-state index contributed by atoms with van der Waals surface area (Å²) in [4.78, 5) is 21.6. The molecule has 1 aromatic carbocycles. The van der Waals surface area contributed by atoms with Crippen LogP contribution in [0.3, 0.4) is 0 Å². The lowest BCUT2D eigenvalue weighted by Crippen LogP contribution is -2.10. The maximum atomic E-state index is 13.0. The number of benzene rings is 1. The number of thiazole rings is 1. The zero-order valence-electron chi connectivity index (χ0n) is 8.12. The van der Waals surface area contributed by atoms with E-state index in [0.717, 1.165) is 16.7 Å². The van der Waals surface area contributed by atoms with Gasteiger partial charge in [0.1, 0.15) is 10.0 Å². The van der Waals surface area contributed by atoms with Gasteiger partial charge in [0.15, 0.2) is 17.9 Å². The largest absolute Gasteiger partial charge is 0.313 e. The number of halogens is 3. The number of carbonyl (C=O) groups is 1. The van der Waals surface area contributed by atoms with Gasteiger partial charge < -0.3 is 0 Å². The lowest BCUT2D eigenvalue weighted by molar-refractivity contribution is 0.112. The average molecular weight is 276 g/mol. The summed E-state index contributed by atoms with van der Waals surface area (Å²) >= 11 is 6.42. The van der Waals surface area contributed by atoms with Gasteiger partial charge in [-0.3, -0.25) is 14.2 Å². The van der Waals surface area contributed by atoms with Gasteiger partial charge in [-0.05, 0) is 12.1 Å². The Morgan fingerprint density at radius 2 is 2.00 bits per heavy atom. The van der Waals surface area contributed by atoms with E-state index in [1.165, 1.54) is 6.07 Å². The van der Waals surface area contributed by atoms with Crippen molar-refractivity contribution in [2.75, 3.05) is 0 Å². The number of hydrogen-bond donors (Lipinski definition) is 0. The van der Waals surface area contributed by atoms with Crippen LogP contribution in [-0.4, -0.2) is 10.9 Å². The summed E-state index contributed by atoms with van der Waals surface area (Å²) in [5.41, 5.74) is 0.0725. The summed E-state index contributed by atoms with van der Waals surface area (Å²) < 4.78 is 26.7. The van der Waals surface area contributed by atoms with Crippen molar-refractivity contribution in [1.82, 2.24) is 4.57 Å². The summed E-state index contributed by atoms with van der Waals surface area (Å²) in [7, 11) is 0. The van der Waals surface area contributed by atoms with E-state index in [2.05, 4.69) is 0 Å². The molecule has 0 bridgehead atoms. The highest BCUT2D eigenvalue weighted by atomic mass is 35.5. The molecule has 1 heterocycles. The third kappa shape index (κ3) is 2.01. The van der Waals surface area contributed by atoms with Gasteiger partial charge in [-0.1, -0.05) is 22.9 Å². The molecule has 0 atom stereocenters. The fourth-order valence-corrected chi connectivity index (χ4v) is 2.37. The first-order chi connectivity index (χ1) is 8.04. The number of rotatable bonds is 2. The molecule has 0 N–H and O–H groups in total. The van der Waals surface area contributed by atoms with Crippen LogP contribution in [0.2, 0.25) is 5.15 Å². The Balaban J connectivity index is 2.68. The van der Waals surface area contributed by atoms with E-state index in [9.17, 15) is 18.4 Å². The van der Waals surface area contributed by atoms with E-state index < -0.39 is 16.5 Å². The Bertz CT molecular complexity index is 650. The number of hydrogen-bond acceptors (Lipinski definition) is 3. The van der Waals surface area contributed by atoms with Gasteiger partial charge in [0, 0.05) is 6.07 Å². The first-order valence-corrected chi connectivity index (χ1v) is 5.56. The normalized spacial score (nSPS) is 10.5. The molecule has 0 unspecified atom stereocenters. The monoisotopic (exact) mass is 275 g/mol. The second-order valence-corrected chi connectivity index (χ2v) is 4.43. The molecule has 0 aliphatic rings. The zero-order valence-corrected chi connectivity index (χ0v) is 9.69. The van der Waals surface area contributed by atoms with Gasteiger partial charge in [0.2, 0.25) is 0 Å². The predicted octanol–water partition coefficient (Wildman–Crippen LogP) is 2.64. The van der Waals surface area contributed by atoms with Crippen molar-refractivity contribution in [2.24, 2.45) is 0 Å². The van der Waals surface area contributed by atoms with Crippen LogP contribution >= 0.6 is 22.9 Å². The minimum atomic E-state index is -1.09. The molecule has 0 aliphatic heterocycles. The second kappa shape index (κ2) is 4.38. The fraction of sp³-hybridized carbons (Fsp3) is 0. The van der Waals surface area contributed by atoms with Gasteiger partial charge in [0.25, 0.3) is 0 Å².